The number of benzene rings is 2. The second kappa shape index (κ2) is 7.53. The van der Waals surface area contributed by atoms with Crippen LogP contribution in [0.25, 0.3) is 10.2 Å². The summed E-state index contributed by atoms with van der Waals surface area (Å²) < 4.78 is 6.46. The summed E-state index contributed by atoms with van der Waals surface area (Å²) in [7, 11) is 0. The quantitative estimate of drug-likeness (QED) is 0.715. The topological polar surface area (TPSA) is 80.3 Å². The third kappa shape index (κ3) is 4.37. The Hall–Kier alpha value is -2.93. The van der Waals surface area contributed by atoms with E-state index in [1.165, 1.54) is 18.3 Å². The molecule has 2 amide bonds. The molecule has 0 atom stereocenters. The second-order valence-corrected chi connectivity index (χ2v) is 7.02. The molecule has 6 nitrogen and oxygen atoms in total. The number of thiazole rings is 1. The summed E-state index contributed by atoms with van der Waals surface area (Å²) in [5.74, 6) is 0.284. The highest BCUT2D eigenvalue weighted by Crippen LogP contribution is 2.28. The van der Waals surface area contributed by atoms with Crippen LogP contribution in [-0.4, -0.2) is 23.4 Å². The minimum atomic E-state index is -0.272. The highest BCUT2D eigenvalue weighted by Gasteiger charge is 2.10. The van der Waals surface area contributed by atoms with Crippen molar-refractivity contribution >= 4 is 44.2 Å². The maximum absolute atomic E-state index is 12.1. The molecule has 26 heavy (non-hydrogen) atoms. The van der Waals surface area contributed by atoms with Crippen molar-refractivity contribution in [3.05, 3.63) is 47.5 Å². The first-order chi connectivity index (χ1) is 12.4. The molecular formula is C19H19N3O3S. The second-order valence-electron chi connectivity index (χ2n) is 5.99. The number of aryl methyl sites for hydroxylation is 2. The molecule has 0 saturated carbocycles. The first-order valence-electron chi connectivity index (χ1n) is 8.09. The van der Waals surface area contributed by atoms with Gasteiger partial charge in [-0.3, -0.25) is 14.9 Å². The molecule has 0 saturated heterocycles. The van der Waals surface area contributed by atoms with Gasteiger partial charge in [-0.25, -0.2) is 4.98 Å². The summed E-state index contributed by atoms with van der Waals surface area (Å²) in [6, 6.07) is 11.2. The zero-order chi connectivity index (χ0) is 18.7. The van der Waals surface area contributed by atoms with E-state index in [0.717, 1.165) is 21.3 Å². The zero-order valence-electron chi connectivity index (χ0n) is 14.8. The highest BCUT2D eigenvalue weighted by atomic mass is 32.1. The van der Waals surface area contributed by atoms with E-state index in [9.17, 15) is 9.59 Å². The fourth-order valence-electron chi connectivity index (χ4n) is 2.52. The summed E-state index contributed by atoms with van der Waals surface area (Å²) in [5.41, 5.74) is 3.59. The van der Waals surface area contributed by atoms with Gasteiger partial charge in [0.05, 0.1) is 10.2 Å². The summed E-state index contributed by atoms with van der Waals surface area (Å²) in [6.07, 6.45) is 0. The van der Waals surface area contributed by atoms with Crippen LogP contribution in [0.1, 0.15) is 18.1 Å². The number of fused-ring (bicyclic) bond motifs is 1. The summed E-state index contributed by atoms with van der Waals surface area (Å²) >= 11 is 1.34. The third-order valence-corrected chi connectivity index (χ3v) is 4.58. The van der Waals surface area contributed by atoms with E-state index in [-0.39, 0.29) is 18.4 Å². The Bertz CT molecular complexity index is 981. The monoisotopic (exact) mass is 369 g/mol. The van der Waals surface area contributed by atoms with Crippen LogP contribution in [0.2, 0.25) is 0 Å². The van der Waals surface area contributed by atoms with Gasteiger partial charge in [0.15, 0.2) is 11.7 Å². The molecular weight excluding hydrogens is 350 g/mol. The molecule has 3 aromatic rings. The largest absolute Gasteiger partial charge is 0.483 e. The molecule has 0 radical (unpaired) electrons. The molecule has 0 aliphatic carbocycles. The predicted octanol–water partition coefficient (Wildman–Crippen LogP) is 3.89. The summed E-state index contributed by atoms with van der Waals surface area (Å²) in [6.45, 7) is 5.32. The minimum absolute atomic E-state index is 0.0863. The minimum Gasteiger partial charge on any atom is -0.483 e. The lowest BCUT2D eigenvalue weighted by Gasteiger charge is -2.09. The molecule has 7 heteroatoms. The van der Waals surface area contributed by atoms with Gasteiger partial charge in [0, 0.05) is 12.6 Å². The van der Waals surface area contributed by atoms with Crippen molar-refractivity contribution in [3.63, 3.8) is 0 Å². The van der Waals surface area contributed by atoms with E-state index in [2.05, 4.69) is 15.6 Å². The smallest absolute Gasteiger partial charge is 0.264 e. The molecule has 0 fully saturated rings. The highest BCUT2D eigenvalue weighted by molar-refractivity contribution is 7.22. The third-order valence-electron chi connectivity index (χ3n) is 3.64. The number of anilines is 2. The van der Waals surface area contributed by atoms with Gasteiger partial charge in [-0.1, -0.05) is 29.0 Å². The van der Waals surface area contributed by atoms with Gasteiger partial charge in [-0.2, -0.15) is 0 Å². The number of ether oxygens (including phenoxy) is 1. The van der Waals surface area contributed by atoms with Crippen LogP contribution in [0.3, 0.4) is 0 Å². The Morgan fingerprint density at radius 3 is 2.65 bits per heavy atom. The first kappa shape index (κ1) is 17.9. The SMILES string of the molecule is CC(=O)Nc1ccc2nc(NC(=O)COc3ccc(C)cc3C)sc2c1. The zero-order valence-corrected chi connectivity index (χ0v) is 15.6. The summed E-state index contributed by atoms with van der Waals surface area (Å²) in [4.78, 5) is 27.6. The Kier molecular flexibility index (Phi) is 5.18. The average molecular weight is 369 g/mol. The average Bonchev–Trinajstić information content (AvgIpc) is 2.94. The van der Waals surface area contributed by atoms with Crippen molar-refractivity contribution in [2.24, 2.45) is 0 Å². The molecule has 1 heterocycles. The molecule has 0 bridgehead atoms. The molecule has 134 valence electrons. The van der Waals surface area contributed by atoms with Gasteiger partial charge in [0.2, 0.25) is 5.91 Å². The van der Waals surface area contributed by atoms with Crippen molar-refractivity contribution in [3.8, 4) is 5.75 Å². The lowest BCUT2D eigenvalue weighted by Crippen LogP contribution is -2.20. The normalized spacial score (nSPS) is 10.6. The number of carbonyl (C=O) groups is 2. The van der Waals surface area contributed by atoms with Crippen LogP contribution in [0, 0.1) is 13.8 Å². The fourth-order valence-corrected chi connectivity index (χ4v) is 3.44. The van der Waals surface area contributed by atoms with Crippen LogP contribution >= 0.6 is 11.3 Å². The number of amides is 2. The number of carbonyl (C=O) groups excluding carboxylic acids is 2. The fraction of sp³-hybridized carbons (Fsp3) is 0.211. The molecule has 1 aromatic heterocycles. The van der Waals surface area contributed by atoms with Crippen molar-refractivity contribution in [1.29, 1.82) is 0 Å². The summed E-state index contributed by atoms with van der Waals surface area (Å²) in [5, 5.41) is 5.97. The number of hydrogen-bond acceptors (Lipinski definition) is 5. The predicted molar refractivity (Wildman–Crippen MR) is 104 cm³/mol. The van der Waals surface area contributed by atoms with Crippen LogP contribution in [0.15, 0.2) is 36.4 Å². The van der Waals surface area contributed by atoms with E-state index < -0.39 is 0 Å². The van der Waals surface area contributed by atoms with E-state index in [0.29, 0.717) is 16.6 Å². The van der Waals surface area contributed by atoms with E-state index in [1.807, 2.05) is 38.1 Å². The van der Waals surface area contributed by atoms with Crippen molar-refractivity contribution in [2.45, 2.75) is 20.8 Å². The van der Waals surface area contributed by atoms with Crippen LogP contribution in [0.5, 0.6) is 5.75 Å². The molecule has 0 unspecified atom stereocenters. The van der Waals surface area contributed by atoms with Crippen molar-refractivity contribution in [2.75, 3.05) is 17.2 Å². The first-order valence-corrected chi connectivity index (χ1v) is 8.90. The van der Waals surface area contributed by atoms with Crippen LogP contribution in [0.4, 0.5) is 10.8 Å². The van der Waals surface area contributed by atoms with Crippen molar-refractivity contribution in [1.82, 2.24) is 4.98 Å². The van der Waals surface area contributed by atoms with Gasteiger partial charge in [0.1, 0.15) is 5.75 Å². The van der Waals surface area contributed by atoms with Gasteiger partial charge in [-0.15, -0.1) is 0 Å². The van der Waals surface area contributed by atoms with Crippen LogP contribution in [-0.2, 0) is 9.59 Å². The van der Waals surface area contributed by atoms with E-state index in [4.69, 9.17) is 4.74 Å². The van der Waals surface area contributed by atoms with E-state index in [1.54, 1.807) is 12.1 Å². The van der Waals surface area contributed by atoms with Crippen LogP contribution < -0.4 is 15.4 Å². The maximum atomic E-state index is 12.1. The number of aromatic nitrogens is 1. The van der Waals surface area contributed by atoms with E-state index >= 15 is 0 Å². The van der Waals surface area contributed by atoms with Crippen molar-refractivity contribution < 1.29 is 14.3 Å². The molecule has 0 aliphatic rings. The molecule has 2 N–H and O–H groups in total. The van der Waals surface area contributed by atoms with Gasteiger partial charge in [0.25, 0.3) is 5.91 Å². The maximum Gasteiger partial charge on any atom is 0.264 e. The lowest BCUT2D eigenvalue weighted by atomic mass is 10.1. The standard InChI is InChI=1S/C19H19N3O3S/c1-11-4-7-16(12(2)8-11)25-10-18(24)22-19-21-15-6-5-14(20-13(3)23)9-17(15)26-19/h4-9H,10H2,1-3H3,(H,20,23)(H,21,22,24). The molecule has 0 aliphatic heterocycles. The Morgan fingerprint density at radius 1 is 1.12 bits per heavy atom. The molecule has 2 aromatic carbocycles. The Labute approximate surface area is 155 Å². The van der Waals surface area contributed by atoms with Gasteiger partial charge < -0.3 is 10.1 Å². The Morgan fingerprint density at radius 2 is 1.92 bits per heavy atom. The lowest BCUT2D eigenvalue weighted by molar-refractivity contribution is -0.118. The number of nitrogens with one attached hydrogen (secondary N) is 2. The number of rotatable bonds is 5. The molecule has 0 spiro atoms. The Balaban J connectivity index is 1.64. The van der Waals surface area contributed by atoms with Gasteiger partial charge >= 0.3 is 0 Å². The number of nitrogens with zero attached hydrogens (tertiary/aromatic N) is 1. The molecule has 3 rings (SSSR count). The number of hydrogen-bond donors (Lipinski definition) is 2. The van der Waals surface area contributed by atoms with Gasteiger partial charge in [-0.05, 0) is 43.7 Å².